The Kier molecular flexibility index (Phi) is 6.20. The molecule has 4 rings (SSSR count). The van der Waals surface area contributed by atoms with Crippen molar-refractivity contribution in [1.29, 1.82) is 0 Å². The third-order valence-corrected chi connectivity index (χ3v) is 5.76. The standard InChI is InChI=1S/C27H27FN2/c1-30(2)23-18-16-20(17-19-23)24-14-9-15-25(26(24)28)29-27(21-10-5-3-6-11-21)22-12-7-4-8-13-22/h3-16,23H,17-19H2,1-2H3. The van der Waals surface area contributed by atoms with Crippen LogP contribution in [0, 0.1) is 5.82 Å². The van der Waals surface area contributed by atoms with Gasteiger partial charge in [0.15, 0.2) is 5.82 Å². The van der Waals surface area contributed by atoms with E-state index in [1.165, 1.54) is 0 Å². The van der Waals surface area contributed by atoms with E-state index in [0.29, 0.717) is 17.3 Å². The second kappa shape index (κ2) is 9.19. The SMILES string of the molecule is CN(C)C1CC=C(c2cccc(N=C(c3ccccc3)c3ccccc3)c2F)CC1. The molecule has 0 heterocycles. The van der Waals surface area contributed by atoms with E-state index < -0.39 is 0 Å². The van der Waals surface area contributed by atoms with Crippen LogP contribution < -0.4 is 0 Å². The number of nitrogens with zero attached hydrogens (tertiary/aromatic N) is 2. The summed E-state index contributed by atoms with van der Waals surface area (Å²) in [5, 5.41) is 0. The summed E-state index contributed by atoms with van der Waals surface area (Å²) in [5.41, 5.74) is 4.86. The van der Waals surface area contributed by atoms with Crippen LogP contribution in [0.15, 0.2) is 89.9 Å². The quantitative estimate of drug-likeness (QED) is 0.448. The Morgan fingerprint density at radius 1 is 0.867 bits per heavy atom. The van der Waals surface area contributed by atoms with E-state index in [1.807, 2.05) is 72.8 Å². The van der Waals surface area contributed by atoms with Crippen molar-refractivity contribution in [1.82, 2.24) is 4.90 Å². The van der Waals surface area contributed by atoms with Gasteiger partial charge in [0.25, 0.3) is 0 Å². The Bertz CT molecular complexity index is 1010. The highest BCUT2D eigenvalue weighted by Gasteiger charge is 2.20. The van der Waals surface area contributed by atoms with E-state index in [1.54, 1.807) is 6.07 Å². The zero-order valence-corrected chi connectivity index (χ0v) is 17.6. The molecule has 1 aliphatic rings. The lowest BCUT2D eigenvalue weighted by Crippen LogP contribution is -2.29. The fraction of sp³-hybridized carbons (Fsp3) is 0.222. The van der Waals surface area contributed by atoms with Gasteiger partial charge in [-0.1, -0.05) is 78.9 Å². The molecule has 2 nitrogen and oxygen atoms in total. The number of hydrogen-bond donors (Lipinski definition) is 0. The average molecular weight is 399 g/mol. The first-order valence-electron chi connectivity index (χ1n) is 10.5. The van der Waals surface area contributed by atoms with Gasteiger partial charge in [0.05, 0.1) is 5.71 Å². The third kappa shape index (κ3) is 4.42. The second-order valence-electron chi connectivity index (χ2n) is 7.95. The summed E-state index contributed by atoms with van der Waals surface area (Å²) in [6, 6.07) is 26.0. The highest BCUT2D eigenvalue weighted by molar-refractivity contribution is 6.14. The maximum Gasteiger partial charge on any atom is 0.156 e. The van der Waals surface area contributed by atoms with Crippen molar-refractivity contribution in [2.24, 2.45) is 4.99 Å². The molecule has 0 spiro atoms. The minimum Gasteiger partial charge on any atom is -0.306 e. The minimum absolute atomic E-state index is 0.239. The van der Waals surface area contributed by atoms with E-state index in [9.17, 15) is 0 Å². The second-order valence-corrected chi connectivity index (χ2v) is 7.95. The first kappa shape index (κ1) is 20.2. The molecule has 0 aromatic heterocycles. The molecule has 0 bridgehead atoms. The molecule has 0 radical (unpaired) electrons. The Labute approximate surface area is 178 Å². The van der Waals surface area contributed by atoms with Crippen molar-refractivity contribution in [2.75, 3.05) is 14.1 Å². The molecule has 0 saturated carbocycles. The van der Waals surface area contributed by atoms with Crippen molar-refractivity contribution in [2.45, 2.75) is 25.3 Å². The molecule has 152 valence electrons. The highest BCUT2D eigenvalue weighted by Crippen LogP contribution is 2.33. The predicted octanol–water partition coefficient (Wildman–Crippen LogP) is 6.49. The fourth-order valence-corrected chi connectivity index (χ4v) is 4.00. The summed E-state index contributed by atoms with van der Waals surface area (Å²) in [6.45, 7) is 0. The van der Waals surface area contributed by atoms with Crippen LogP contribution in [-0.2, 0) is 0 Å². The van der Waals surface area contributed by atoms with Gasteiger partial charge in [0.2, 0.25) is 0 Å². The number of hydrogen-bond acceptors (Lipinski definition) is 2. The lowest BCUT2D eigenvalue weighted by molar-refractivity contribution is 0.277. The van der Waals surface area contributed by atoms with Crippen LogP contribution in [0.4, 0.5) is 10.1 Å². The summed E-state index contributed by atoms with van der Waals surface area (Å²) in [7, 11) is 4.21. The fourth-order valence-electron chi connectivity index (χ4n) is 4.00. The molecule has 0 N–H and O–H groups in total. The van der Waals surface area contributed by atoms with Gasteiger partial charge in [0, 0.05) is 22.7 Å². The Morgan fingerprint density at radius 2 is 1.50 bits per heavy atom. The average Bonchev–Trinajstić information content (AvgIpc) is 2.79. The van der Waals surface area contributed by atoms with E-state index in [0.717, 1.165) is 41.7 Å². The van der Waals surface area contributed by atoms with Crippen LogP contribution >= 0.6 is 0 Å². The van der Waals surface area contributed by atoms with Crippen molar-refractivity contribution >= 4 is 17.0 Å². The topological polar surface area (TPSA) is 15.6 Å². The third-order valence-electron chi connectivity index (χ3n) is 5.76. The summed E-state index contributed by atoms with van der Waals surface area (Å²) < 4.78 is 15.5. The molecule has 0 aliphatic heterocycles. The van der Waals surface area contributed by atoms with Crippen molar-refractivity contribution in [3.63, 3.8) is 0 Å². The molecule has 3 heteroatoms. The molecule has 0 amide bonds. The largest absolute Gasteiger partial charge is 0.306 e. The number of rotatable bonds is 5. The van der Waals surface area contributed by atoms with Crippen LogP contribution in [0.25, 0.3) is 5.57 Å². The van der Waals surface area contributed by atoms with Gasteiger partial charge in [-0.25, -0.2) is 9.38 Å². The van der Waals surface area contributed by atoms with Crippen molar-refractivity contribution in [3.05, 3.63) is 107 Å². The van der Waals surface area contributed by atoms with Gasteiger partial charge < -0.3 is 4.90 Å². The van der Waals surface area contributed by atoms with E-state index >= 15 is 4.39 Å². The lowest BCUT2D eigenvalue weighted by atomic mass is 9.90. The van der Waals surface area contributed by atoms with Gasteiger partial charge in [-0.15, -0.1) is 0 Å². The molecule has 3 aromatic carbocycles. The summed E-state index contributed by atoms with van der Waals surface area (Å²) in [4.78, 5) is 7.05. The number of halogens is 1. The molecule has 0 fully saturated rings. The zero-order chi connectivity index (χ0) is 20.9. The molecule has 1 atom stereocenters. The van der Waals surface area contributed by atoms with Gasteiger partial charge in [0.1, 0.15) is 5.69 Å². The molecular formula is C27H27FN2. The Balaban J connectivity index is 1.75. The van der Waals surface area contributed by atoms with Crippen molar-refractivity contribution in [3.8, 4) is 0 Å². The minimum atomic E-state index is -0.239. The van der Waals surface area contributed by atoms with Crippen LogP contribution in [0.3, 0.4) is 0 Å². The maximum absolute atomic E-state index is 15.5. The lowest BCUT2D eigenvalue weighted by Gasteiger charge is -2.28. The molecule has 0 saturated heterocycles. The van der Waals surface area contributed by atoms with E-state index in [-0.39, 0.29) is 5.82 Å². The summed E-state index contributed by atoms with van der Waals surface area (Å²) in [6.07, 6.45) is 5.08. The van der Waals surface area contributed by atoms with Gasteiger partial charge >= 0.3 is 0 Å². The van der Waals surface area contributed by atoms with E-state index in [4.69, 9.17) is 4.99 Å². The van der Waals surface area contributed by atoms with Crippen molar-refractivity contribution < 1.29 is 4.39 Å². The Morgan fingerprint density at radius 3 is 2.03 bits per heavy atom. The number of benzene rings is 3. The van der Waals surface area contributed by atoms with Gasteiger partial charge in [-0.2, -0.15) is 0 Å². The summed E-state index contributed by atoms with van der Waals surface area (Å²) >= 11 is 0. The van der Waals surface area contributed by atoms with Crippen LogP contribution in [0.5, 0.6) is 0 Å². The number of aliphatic imine (C=N–C) groups is 1. The molecule has 3 aromatic rings. The Hall–Kier alpha value is -3.04. The number of allylic oxidation sites excluding steroid dienone is 1. The molecule has 1 aliphatic carbocycles. The highest BCUT2D eigenvalue weighted by atomic mass is 19.1. The first-order valence-corrected chi connectivity index (χ1v) is 10.5. The van der Waals surface area contributed by atoms with Crippen LogP contribution in [0.1, 0.15) is 36.0 Å². The van der Waals surface area contributed by atoms with Gasteiger partial charge in [-0.3, -0.25) is 0 Å². The van der Waals surface area contributed by atoms with Crippen LogP contribution in [0.2, 0.25) is 0 Å². The maximum atomic E-state index is 15.5. The summed E-state index contributed by atoms with van der Waals surface area (Å²) in [5.74, 6) is -0.239. The first-order chi connectivity index (χ1) is 14.6. The zero-order valence-electron chi connectivity index (χ0n) is 17.6. The monoisotopic (exact) mass is 398 g/mol. The van der Waals surface area contributed by atoms with E-state index in [2.05, 4.69) is 25.1 Å². The van der Waals surface area contributed by atoms with Gasteiger partial charge in [-0.05, 0) is 45.0 Å². The van der Waals surface area contributed by atoms with Crippen LogP contribution in [-0.4, -0.2) is 30.7 Å². The molecular weight excluding hydrogens is 371 g/mol. The smallest absolute Gasteiger partial charge is 0.156 e. The molecule has 1 unspecified atom stereocenters. The molecule has 30 heavy (non-hydrogen) atoms. The normalized spacial score (nSPS) is 16.3. The predicted molar refractivity (Wildman–Crippen MR) is 124 cm³/mol.